The maximum Gasteiger partial charge on any atom is 0.255 e. The van der Waals surface area contributed by atoms with Gasteiger partial charge in [0.15, 0.2) is 0 Å². The summed E-state index contributed by atoms with van der Waals surface area (Å²) >= 11 is 11.6. The number of hydrogen-bond acceptors (Lipinski definition) is 8. The molecule has 0 bridgehead atoms. The Morgan fingerprint density at radius 3 is 1.82 bits per heavy atom. The summed E-state index contributed by atoms with van der Waals surface area (Å²) in [6.07, 6.45) is 2.64. The van der Waals surface area contributed by atoms with Crippen LogP contribution < -0.4 is 33.6 Å². The molecule has 60 heavy (non-hydrogen) atoms. The van der Waals surface area contributed by atoms with E-state index in [1.807, 2.05) is 44.2 Å². The highest BCUT2D eigenvalue weighted by atomic mass is 35.5. The van der Waals surface area contributed by atoms with Gasteiger partial charge in [0.1, 0.15) is 0 Å². The van der Waals surface area contributed by atoms with Gasteiger partial charge in [0.2, 0.25) is 23.6 Å². The Bertz CT molecular complexity index is 2400. The summed E-state index contributed by atoms with van der Waals surface area (Å²) in [6.45, 7) is 4.14. The van der Waals surface area contributed by atoms with Crippen molar-refractivity contribution in [2.45, 2.75) is 32.7 Å². The van der Waals surface area contributed by atoms with E-state index in [4.69, 9.17) is 46.1 Å². The number of aromatic amines is 2. The molecule has 0 aliphatic rings. The van der Waals surface area contributed by atoms with E-state index < -0.39 is 41.5 Å². The van der Waals surface area contributed by atoms with Crippen LogP contribution in [0.15, 0.2) is 116 Å². The van der Waals surface area contributed by atoms with Crippen LogP contribution in [0.2, 0.25) is 10.0 Å². The molecule has 4 aromatic carbocycles. The lowest BCUT2D eigenvalue weighted by atomic mass is 9.99. The van der Waals surface area contributed by atoms with E-state index in [-0.39, 0.29) is 30.5 Å². The van der Waals surface area contributed by atoms with Gasteiger partial charge in [-0.25, -0.2) is 0 Å². The van der Waals surface area contributed by atoms with Gasteiger partial charge >= 0.3 is 0 Å². The van der Waals surface area contributed by atoms with Crippen molar-refractivity contribution < 1.29 is 28.8 Å². The van der Waals surface area contributed by atoms with E-state index in [0.29, 0.717) is 44.2 Å². The summed E-state index contributed by atoms with van der Waals surface area (Å²) in [7, 11) is 0. The number of primary amides is 4. The molecule has 0 radical (unpaired) electrons. The molecule has 312 valence electrons. The van der Waals surface area contributed by atoms with Crippen molar-refractivity contribution >= 4 is 58.6 Å². The van der Waals surface area contributed by atoms with E-state index in [9.17, 15) is 28.8 Å². The Morgan fingerprint density at radius 2 is 1.23 bits per heavy atom. The smallest absolute Gasteiger partial charge is 0.255 e. The predicted molar refractivity (Wildman–Crippen MR) is 229 cm³/mol. The number of nitrogens with one attached hydrogen (secondary N) is 4. The van der Waals surface area contributed by atoms with Crippen molar-refractivity contribution in [3.8, 4) is 22.5 Å². The molecule has 18 heteroatoms. The number of carbonyl (C=O) groups excluding carboxylic acids is 6. The largest absolute Gasteiger partial charge is 0.370 e. The summed E-state index contributed by atoms with van der Waals surface area (Å²) in [4.78, 5) is 70.2. The lowest BCUT2D eigenvalue weighted by Crippen LogP contribution is -2.32. The molecule has 6 aromatic rings. The first-order chi connectivity index (χ1) is 28.7. The number of nitrogens with two attached hydrogens (primary N) is 4. The highest BCUT2D eigenvalue weighted by molar-refractivity contribution is 6.30. The molecule has 0 aliphatic carbocycles. The Balaban J connectivity index is 0.000000272. The van der Waals surface area contributed by atoms with Crippen LogP contribution in [0.3, 0.4) is 0 Å². The molecule has 6 rings (SSSR count). The number of halogens is 2. The topological polar surface area (TPSA) is 288 Å². The lowest BCUT2D eigenvalue weighted by Gasteiger charge is -2.18. The third-order valence-corrected chi connectivity index (χ3v) is 8.50. The van der Waals surface area contributed by atoms with Crippen LogP contribution in [0.25, 0.3) is 22.5 Å². The number of rotatable bonds is 13. The van der Waals surface area contributed by atoms with Crippen LogP contribution in [-0.2, 0) is 9.59 Å². The number of carbonyl (C=O) groups is 6. The number of benzene rings is 4. The monoisotopic (exact) mass is 854 g/mol. The zero-order chi connectivity index (χ0) is 44.2. The van der Waals surface area contributed by atoms with Gasteiger partial charge in [-0.05, 0) is 48.0 Å². The van der Waals surface area contributed by atoms with Crippen molar-refractivity contribution in [1.29, 1.82) is 0 Å². The second-order valence-corrected chi connectivity index (χ2v) is 13.1. The van der Waals surface area contributed by atoms with Gasteiger partial charge in [-0.2, -0.15) is 10.2 Å². The van der Waals surface area contributed by atoms with Crippen LogP contribution in [0.5, 0.6) is 0 Å². The number of H-pyrrole nitrogens is 2. The zero-order valence-corrected chi connectivity index (χ0v) is 34.1. The third-order valence-electron chi connectivity index (χ3n) is 8.02. The van der Waals surface area contributed by atoms with E-state index >= 15 is 0 Å². The van der Waals surface area contributed by atoms with Crippen LogP contribution in [0.1, 0.15) is 79.7 Å². The van der Waals surface area contributed by atoms with Crippen molar-refractivity contribution in [3.63, 3.8) is 0 Å². The minimum atomic E-state index is -0.687. The normalized spacial score (nSPS) is 10.5. The number of amides is 6. The Hall–Kier alpha value is -7.30. The zero-order valence-electron chi connectivity index (χ0n) is 32.6. The van der Waals surface area contributed by atoms with Gasteiger partial charge in [-0.3, -0.25) is 39.0 Å². The molecule has 1 atom stereocenters. The molecule has 6 amide bonds. The van der Waals surface area contributed by atoms with E-state index in [0.717, 1.165) is 5.02 Å². The molecule has 0 spiro atoms. The van der Waals surface area contributed by atoms with Gasteiger partial charge in [-0.1, -0.05) is 97.7 Å². The average Bonchev–Trinajstić information content (AvgIpc) is 3.93. The van der Waals surface area contributed by atoms with Crippen molar-refractivity contribution in [3.05, 3.63) is 153 Å². The summed E-state index contributed by atoms with van der Waals surface area (Å²) in [5.41, 5.74) is 24.6. The Morgan fingerprint density at radius 1 is 0.633 bits per heavy atom. The number of nitrogens with zero attached hydrogens (tertiary/aromatic N) is 2. The molecular formula is C42H44Cl2N10O6. The highest BCUT2D eigenvalue weighted by Crippen LogP contribution is 2.27. The molecule has 1 unspecified atom stereocenters. The van der Waals surface area contributed by atoms with E-state index in [1.54, 1.807) is 72.8 Å². The van der Waals surface area contributed by atoms with Crippen molar-refractivity contribution in [2.24, 2.45) is 22.9 Å². The SMILES string of the molecule is CC.Clc1ccccc1.NC(=O)CC(NC(=O)c1cn[nH]c1-c1ccccc1C(N)=O)c1cccc(Cl)c1.NC(=O)CCNC(=O)c1cn[nH]c1-c1cccc(C(N)=O)c1. The Labute approximate surface area is 355 Å². The highest BCUT2D eigenvalue weighted by Gasteiger charge is 2.23. The predicted octanol–water partition coefficient (Wildman–Crippen LogP) is 5.32. The fraction of sp³-hybridized carbons (Fsp3) is 0.143. The molecule has 0 aliphatic heterocycles. The molecule has 2 aromatic heterocycles. The average molecular weight is 856 g/mol. The van der Waals surface area contributed by atoms with Gasteiger partial charge in [0.05, 0.1) is 47.4 Å². The first kappa shape index (κ1) is 47.1. The fourth-order valence-electron chi connectivity index (χ4n) is 5.31. The van der Waals surface area contributed by atoms with Crippen LogP contribution >= 0.6 is 23.2 Å². The fourth-order valence-corrected chi connectivity index (χ4v) is 5.65. The van der Waals surface area contributed by atoms with Gasteiger partial charge in [0, 0.05) is 45.3 Å². The van der Waals surface area contributed by atoms with Gasteiger partial charge < -0.3 is 33.6 Å². The van der Waals surface area contributed by atoms with Gasteiger partial charge in [-0.15, -0.1) is 0 Å². The standard InChI is InChI=1S/C20H18ClN5O3.C14H15N5O3.C6H5Cl.C2H6/c21-12-5-3-4-11(8-12)16(9-17(22)27)25-20(29)15-10-24-26-18(15)13-6-1-2-7-14(13)19(23)28;15-11(20)4-5-17-14(22)10-7-18-19-12(10)8-2-1-3-9(6-8)13(16)21;7-6-4-2-1-3-5-6;1-2/h1-8,10,16H,9H2,(H2,22,27)(H2,23,28)(H,24,26)(H,25,29);1-3,6-7H,4-5H2,(H2,15,20)(H2,16,21)(H,17,22)(H,18,19);1-5H;1-2H3. The summed E-state index contributed by atoms with van der Waals surface area (Å²) in [5, 5.41) is 19.8. The second kappa shape index (κ2) is 23.8. The maximum absolute atomic E-state index is 13.0. The third kappa shape index (κ3) is 14.3. The van der Waals surface area contributed by atoms with Crippen molar-refractivity contribution in [1.82, 2.24) is 31.0 Å². The number of aromatic nitrogens is 4. The molecule has 2 heterocycles. The van der Waals surface area contributed by atoms with Crippen LogP contribution in [-0.4, -0.2) is 62.4 Å². The number of hydrogen-bond donors (Lipinski definition) is 8. The summed E-state index contributed by atoms with van der Waals surface area (Å²) in [5.74, 6) is -3.17. The first-order valence-corrected chi connectivity index (χ1v) is 19.0. The second-order valence-electron chi connectivity index (χ2n) is 12.2. The summed E-state index contributed by atoms with van der Waals surface area (Å²) < 4.78 is 0. The quantitative estimate of drug-likeness (QED) is 0.0750. The van der Waals surface area contributed by atoms with E-state index in [2.05, 4.69) is 31.0 Å². The lowest BCUT2D eigenvalue weighted by molar-refractivity contribution is -0.119. The van der Waals surface area contributed by atoms with Crippen molar-refractivity contribution in [2.75, 3.05) is 6.54 Å². The van der Waals surface area contributed by atoms with E-state index in [1.165, 1.54) is 12.4 Å². The van der Waals surface area contributed by atoms with Crippen LogP contribution in [0, 0.1) is 0 Å². The molecule has 0 fully saturated rings. The molecule has 16 nitrogen and oxygen atoms in total. The van der Waals surface area contributed by atoms with Crippen LogP contribution in [0.4, 0.5) is 0 Å². The maximum atomic E-state index is 13.0. The molecule has 0 saturated heterocycles. The summed E-state index contributed by atoms with van der Waals surface area (Å²) in [6, 6.07) is 28.7. The Kier molecular flexibility index (Phi) is 18.7. The molecule has 0 saturated carbocycles. The minimum Gasteiger partial charge on any atom is -0.370 e. The molecular weight excluding hydrogens is 811 g/mol. The molecule has 12 N–H and O–H groups in total. The van der Waals surface area contributed by atoms with Gasteiger partial charge in [0.25, 0.3) is 11.8 Å². The minimum absolute atomic E-state index is 0.0517. The first-order valence-electron chi connectivity index (χ1n) is 18.2.